The maximum Gasteiger partial charge on any atom is 0.312 e. The summed E-state index contributed by atoms with van der Waals surface area (Å²) in [4.78, 5) is 60.9. The molecule has 0 aromatic carbocycles. The second-order valence-electron chi connectivity index (χ2n) is 10.4. The zero-order chi connectivity index (χ0) is 28.3. The lowest BCUT2D eigenvalue weighted by molar-refractivity contribution is -0.170. The number of cyclic esters (lactones) is 1. The molecule has 39 heavy (non-hydrogen) atoms. The maximum absolute atomic E-state index is 13.7. The van der Waals surface area contributed by atoms with Crippen LogP contribution in [0.3, 0.4) is 0 Å². The summed E-state index contributed by atoms with van der Waals surface area (Å²) < 4.78 is 5.62. The van der Waals surface area contributed by atoms with Crippen LogP contribution in [0.1, 0.15) is 49.7 Å². The van der Waals surface area contributed by atoms with Crippen LogP contribution in [0.25, 0.3) is 0 Å². The van der Waals surface area contributed by atoms with Crippen molar-refractivity contribution in [2.75, 3.05) is 0 Å². The highest BCUT2D eigenvalue weighted by Gasteiger charge is 2.48. The number of amides is 3. The van der Waals surface area contributed by atoms with Gasteiger partial charge in [-0.25, -0.2) is 4.98 Å². The summed E-state index contributed by atoms with van der Waals surface area (Å²) in [7, 11) is 0. The summed E-state index contributed by atoms with van der Waals surface area (Å²) >= 11 is 0. The van der Waals surface area contributed by atoms with Gasteiger partial charge in [-0.2, -0.15) is 0 Å². The molecule has 6 atom stereocenters. The SMILES string of the molecule is C[C@H]1NC(=O)C(C2CC2)OC(=O)[C@H](C)[C@@](C)(O)[C@H](Cc2cccnc2)NC(=O)[C@H]1NC(=O)c1ncccc1O. The molecule has 12 nitrogen and oxygen atoms in total. The number of carbonyl (C=O) groups excluding carboxylic acids is 4. The second-order valence-corrected chi connectivity index (χ2v) is 10.4. The minimum atomic E-state index is -1.82. The summed E-state index contributed by atoms with van der Waals surface area (Å²) in [5.41, 5.74) is -1.43. The van der Waals surface area contributed by atoms with Crippen molar-refractivity contribution in [1.29, 1.82) is 0 Å². The van der Waals surface area contributed by atoms with Crippen molar-refractivity contribution < 1.29 is 34.1 Å². The first-order chi connectivity index (χ1) is 18.5. The molecule has 0 bridgehead atoms. The highest BCUT2D eigenvalue weighted by atomic mass is 16.6. The molecule has 0 radical (unpaired) electrons. The lowest BCUT2D eigenvalue weighted by Gasteiger charge is -2.39. The minimum Gasteiger partial charge on any atom is -0.505 e. The molecule has 1 unspecified atom stereocenters. The van der Waals surface area contributed by atoms with E-state index in [4.69, 9.17) is 4.74 Å². The standard InChI is InChI=1S/C27H33N5O7/c1-14-26(37)39-22(17-8-9-17)25(36)30-15(2)20(32-24(35)21-18(33)7-5-11-29-21)23(34)31-19(27(14,3)38)12-16-6-4-10-28-13-16/h4-7,10-11,13-15,17,19-20,22,33,38H,8-9,12H2,1-3H3,(H,30,36)(H,31,34)(H,32,35)/t14-,15+,19-,20-,22?,27+/m0/s1. The topological polar surface area (TPSA) is 180 Å². The van der Waals surface area contributed by atoms with Crippen molar-refractivity contribution in [3.63, 3.8) is 0 Å². The quantitative estimate of drug-likeness (QED) is 0.333. The fourth-order valence-corrected chi connectivity index (χ4v) is 4.54. The van der Waals surface area contributed by atoms with Crippen LogP contribution in [0.15, 0.2) is 42.9 Å². The number of nitrogens with zero attached hydrogens (tertiary/aromatic N) is 2. The van der Waals surface area contributed by atoms with Crippen molar-refractivity contribution in [2.24, 2.45) is 11.8 Å². The Morgan fingerprint density at radius 3 is 2.49 bits per heavy atom. The zero-order valence-corrected chi connectivity index (χ0v) is 22.0. The van der Waals surface area contributed by atoms with Crippen molar-refractivity contribution in [1.82, 2.24) is 25.9 Å². The Morgan fingerprint density at radius 2 is 1.85 bits per heavy atom. The van der Waals surface area contributed by atoms with E-state index in [1.54, 1.807) is 24.5 Å². The molecule has 5 N–H and O–H groups in total. The number of hydrogen-bond donors (Lipinski definition) is 5. The Labute approximate surface area is 225 Å². The second kappa shape index (κ2) is 11.4. The van der Waals surface area contributed by atoms with Crippen LogP contribution in [0.4, 0.5) is 0 Å². The van der Waals surface area contributed by atoms with Gasteiger partial charge in [0.2, 0.25) is 5.91 Å². The molecule has 208 valence electrons. The van der Waals surface area contributed by atoms with E-state index in [1.165, 1.54) is 39.1 Å². The van der Waals surface area contributed by atoms with E-state index < -0.39 is 59.4 Å². The monoisotopic (exact) mass is 539 g/mol. The van der Waals surface area contributed by atoms with E-state index in [9.17, 15) is 29.4 Å². The molecule has 4 rings (SSSR count). The molecule has 2 fully saturated rings. The van der Waals surface area contributed by atoms with Crippen LogP contribution in [0.2, 0.25) is 0 Å². The van der Waals surface area contributed by atoms with Gasteiger partial charge in [0.15, 0.2) is 11.8 Å². The Balaban J connectivity index is 1.71. The lowest BCUT2D eigenvalue weighted by atomic mass is 9.80. The van der Waals surface area contributed by atoms with Crippen LogP contribution >= 0.6 is 0 Å². The largest absolute Gasteiger partial charge is 0.505 e. The summed E-state index contributed by atoms with van der Waals surface area (Å²) in [6, 6.07) is 2.89. The van der Waals surface area contributed by atoms with Gasteiger partial charge in [0.05, 0.1) is 23.6 Å². The Kier molecular flexibility index (Phi) is 8.14. The van der Waals surface area contributed by atoms with Crippen molar-refractivity contribution in [3.8, 4) is 5.75 Å². The molecule has 1 saturated carbocycles. The van der Waals surface area contributed by atoms with E-state index in [0.29, 0.717) is 18.4 Å². The highest BCUT2D eigenvalue weighted by molar-refractivity contribution is 5.98. The smallest absolute Gasteiger partial charge is 0.312 e. The first kappa shape index (κ1) is 28.0. The zero-order valence-electron chi connectivity index (χ0n) is 22.0. The van der Waals surface area contributed by atoms with Crippen molar-refractivity contribution >= 4 is 23.7 Å². The third kappa shape index (κ3) is 6.33. The summed E-state index contributed by atoms with van der Waals surface area (Å²) in [6.45, 7) is 4.42. The molecular formula is C27H33N5O7. The number of carbonyl (C=O) groups is 4. The summed E-state index contributed by atoms with van der Waals surface area (Å²) in [5.74, 6) is -4.61. The number of nitrogens with one attached hydrogen (secondary N) is 3. The Bertz CT molecular complexity index is 1230. The van der Waals surface area contributed by atoms with Gasteiger partial charge in [-0.1, -0.05) is 6.07 Å². The van der Waals surface area contributed by atoms with Gasteiger partial charge in [0.1, 0.15) is 11.8 Å². The minimum absolute atomic E-state index is 0.110. The first-order valence-corrected chi connectivity index (χ1v) is 12.9. The fourth-order valence-electron chi connectivity index (χ4n) is 4.54. The van der Waals surface area contributed by atoms with Gasteiger partial charge in [-0.15, -0.1) is 0 Å². The molecule has 3 amide bonds. The summed E-state index contributed by atoms with van der Waals surface area (Å²) in [6.07, 6.45) is 4.87. The Morgan fingerprint density at radius 1 is 1.13 bits per heavy atom. The third-order valence-corrected chi connectivity index (χ3v) is 7.41. The number of hydrogen-bond acceptors (Lipinski definition) is 9. The normalized spacial score (nSPS) is 30.2. The predicted octanol–water partition coefficient (Wildman–Crippen LogP) is 0.235. The maximum atomic E-state index is 13.7. The number of pyridine rings is 2. The van der Waals surface area contributed by atoms with Crippen LogP contribution in [-0.2, 0) is 25.5 Å². The number of aromatic hydroxyl groups is 1. The molecule has 3 heterocycles. The Hall–Kier alpha value is -4.06. The van der Waals surface area contributed by atoms with Gasteiger partial charge in [-0.05, 0) is 63.8 Å². The van der Waals surface area contributed by atoms with Gasteiger partial charge in [-0.3, -0.25) is 24.2 Å². The number of aliphatic hydroxyl groups is 1. The number of aromatic nitrogens is 2. The number of rotatable bonds is 5. The molecule has 1 aliphatic carbocycles. The molecule has 0 spiro atoms. The van der Waals surface area contributed by atoms with E-state index in [2.05, 4.69) is 25.9 Å². The van der Waals surface area contributed by atoms with Gasteiger partial charge in [0, 0.05) is 24.5 Å². The molecule has 1 saturated heterocycles. The molecule has 12 heteroatoms. The predicted molar refractivity (Wildman–Crippen MR) is 137 cm³/mol. The molecular weight excluding hydrogens is 506 g/mol. The van der Waals surface area contributed by atoms with Crippen LogP contribution < -0.4 is 16.0 Å². The van der Waals surface area contributed by atoms with E-state index in [1.807, 2.05) is 0 Å². The third-order valence-electron chi connectivity index (χ3n) is 7.41. The molecule has 1 aliphatic heterocycles. The number of ether oxygens (including phenoxy) is 1. The van der Waals surface area contributed by atoms with Crippen molar-refractivity contribution in [3.05, 3.63) is 54.1 Å². The lowest BCUT2D eigenvalue weighted by Crippen LogP contribution is -2.65. The number of esters is 1. The van der Waals surface area contributed by atoms with Crippen LogP contribution in [-0.4, -0.2) is 73.7 Å². The molecule has 2 aromatic rings. The van der Waals surface area contributed by atoms with E-state index in [-0.39, 0.29) is 23.8 Å². The van der Waals surface area contributed by atoms with Gasteiger partial charge in [0.25, 0.3) is 11.8 Å². The fraction of sp³-hybridized carbons (Fsp3) is 0.481. The van der Waals surface area contributed by atoms with E-state index >= 15 is 0 Å². The average molecular weight is 540 g/mol. The first-order valence-electron chi connectivity index (χ1n) is 12.9. The van der Waals surface area contributed by atoms with Crippen molar-refractivity contribution in [2.45, 2.75) is 69.9 Å². The summed E-state index contributed by atoms with van der Waals surface area (Å²) in [5, 5.41) is 29.7. The van der Waals surface area contributed by atoms with Crippen LogP contribution in [0.5, 0.6) is 5.75 Å². The van der Waals surface area contributed by atoms with Gasteiger partial charge < -0.3 is 30.9 Å². The van der Waals surface area contributed by atoms with Crippen LogP contribution in [0, 0.1) is 11.8 Å². The average Bonchev–Trinajstić information content (AvgIpc) is 3.74. The highest BCUT2D eigenvalue weighted by Crippen LogP contribution is 2.36. The molecule has 2 aliphatic rings. The van der Waals surface area contributed by atoms with Gasteiger partial charge >= 0.3 is 5.97 Å². The molecule has 2 aromatic heterocycles. The van der Waals surface area contributed by atoms with E-state index in [0.717, 1.165) is 0 Å².